The van der Waals surface area contributed by atoms with Crippen LogP contribution in [0.15, 0.2) is 42.2 Å². The lowest BCUT2D eigenvalue weighted by atomic mass is 9.95. The predicted octanol–water partition coefficient (Wildman–Crippen LogP) is 5.02. The second-order valence-electron chi connectivity index (χ2n) is 9.11. The summed E-state index contributed by atoms with van der Waals surface area (Å²) in [5.41, 5.74) is 3.37. The van der Waals surface area contributed by atoms with Gasteiger partial charge in [-0.1, -0.05) is 19.3 Å². The van der Waals surface area contributed by atoms with Gasteiger partial charge in [0.05, 0.1) is 11.8 Å². The molecule has 6 rings (SSSR count). The molecule has 0 aliphatic heterocycles. The maximum absolute atomic E-state index is 13.0. The van der Waals surface area contributed by atoms with E-state index in [1.807, 2.05) is 46.6 Å². The van der Waals surface area contributed by atoms with E-state index in [1.54, 1.807) is 0 Å². The minimum atomic E-state index is -0.00629. The number of hydrogen-bond donors (Lipinski definition) is 2. The summed E-state index contributed by atoms with van der Waals surface area (Å²) in [7, 11) is 0. The summed E-state index contributed by atoms with van der Waals surface area (Å²) in [5.74, 6) is 0.744. The first kappa shape index (κ1) is 20.4. The fraction of sp³-hybridized carbons (Fsp3) is 0.360. The van der Waals surface area contributed by atoms with Crippen molar-refractivity contribution in [3.8, 4) is 11.1 Å². The number of thiophene rings is 1. The van der Waals surface area contributed by atoms with Crippen molar-refractivity contribution in [2.75, 3.05) is 5.32 Å². The van der Waals surface area contributed by atoms with Gasteiger partial charge in [0, 0.05) is 46.2 Å². The van der Waals surface area contributed by atoms with Crippen molar-refractivity contribution in [1.82, 2.24) is 19.7 Å². The molecule has 2 aliphatic carbocycles. The molecule has 0 radical (unpaired) electrons. The fourth-order valence-electron chi connectivity index (χ4n) is 4.56. The number of fused-ring (bicyclic) bond motifs is 2. The van der Waals surface area contributed by atoms with Gasteiger partial charge in [0.2, 0.25) is 5.91 Å². The molecule has 2 saturated carbocycles. The first-order valence-corrected chi connectivity index (χ1v) is 12.5. The molecule has 33 heavy (non-hydrogen) atoms. The Bertz CT molecular complexity index is 1360. The van der Waals surface area contributed by atoms with Crippen LogP contribution in [0.4, 0.5) is 5.82 Å². The van der Waals surface area contributed by atoms with E-state index in [1.165, 1.54) is 30.6 Å². The molecular weight excluding hydrogens is 434 g/mol. The third-order valence-electron chi connectivity index (χ3n) is 6.60. The zero-order valence-electron chi connectivity index (χ0n) is 18.2. The average molecular weight is 460 g/mol. The quantitative estimate of drug-likeness (QED) is 0.439. The van der Waals surface area contributed by atoms with Gasteiger partial charge in [-0.05, 0) is 43.9 Å². The van der Waals surface area contributed by atoms with E-state index < -0.39 is 0 Å². The SMILES string of the molecule is O=C(NC1CCCCC1)c1csc2ncc(-c3ccc4nc(NC(=O)C5CC5)cn4c3)cc12. The summed E-state index contributed by atoms with van der Waals surface area (Å²) in [6.07, 6.45) is 13.3. The van der Waals surface area contributed by atoms with Crippen LogP contribution in [-0.4, -0.2) is 32.2 Å². The van der Waals surface area contributed by atoms with Gasteiger partial charge in [0.15, 0.2) is 5.82 Å². The van der Waals surface area contributed by atoms with Gasteiger partial charge in [0.1, 0.15) is 10.5 Å². The highest BCUT2D eigenvalue weighted by molar-refractivity contribution is 7.17. The minimum absolute atomic E-state index is 0.00629. The lowest BCUT2D eigenvalue weighted by Gasteiger charge is -2.22. The molecule has 0 bridgehead atoms. The molecule has 2 aliphatic rings. The molecule has 2 amide bonds. The maximum Gasteiger partial charge on any atom is 0.253 e. The van der Waals surface area contributed by atoms with Crippen LogP contribution in [0, 0.1) is 5.92 Å². The summed E-state index contributed by atoms with van der Waals surface area (Å²) in [6.45, 7) is 0. The number of rotatable bonds is 5. The third kappa shape index (κ3) is 4.11. The zero-order chi connectivity index (χ0) is 22.4. The monoisotopic (exact) mass is 459 g/mol. The molecule has 0 spiro atoms. The molecule has 0 atom stereocenters. The van der Waals surface area contributed by atoms with E-state index in [9.17, 15) is 9.59 Å². The predicted molar refractivity (Wildman–Crippen MR) is 129 cm³/mol. The molecule has 2 N–H and O–H groups in total. The molecule has 2 fully saturated rings. The Morgan fingerprint density at radius 3 is 2.70 bits per heavy atom. The molecule has 0 saturated heterocycles. The van der Waals surface area contributed by atoms with Crippen molar-refractivity contribution in [2.45, 2.75) is 51.0 Å². The molecule has 4 aromatic rings. The molecule has 7 nitrogen and oxygen atoms in total. The van der Waals surface area contributed by atoms with Crippen molar-refractivity contribution in [3.63, 3.8) is 0 Å². The second-order valence-corrected chi connectivity index (χ2v) is 9.97. The molecule has 0 aromatic carbocycles. The van der Waals surface area contributed by atoms with Crippen molar-refractivity contribution >= 4 is 44.8 Å². The number of aromatic nitrogens is 3. The molecule has 4 aromatic heterocycles. The van der Waals surface area contributed by atoms with Gasteiger partial charge < -0.3 is 15.0 Å². The van der Waals surface area contributed by atoms with Gasteiger partial charge in [-0.2, -0.15) is 0 Å². The van der Waals surface area contributed by atoms with E-state index in [0.717, 1.165) is 52.7 Å². The van der Waals surface area contributed by atoms with Gasteiger partial charge in [-0.3, -0.25) is 9.59 Å². The lowest BCUT2D eigenvalue weighted by molar-refractivity contribution is -0.117. The van der Waals surface area contributed by atoms with Gasteiger partial charge in [-0.15, -0.1) is 11.3 Å². The van der Waals surface area contributed by atoms with Crippen LogP contribution in [0.3, 0.4) is 0 Å². The Labute approximate surface area is 195 Å². The molecular formula is C25H25N5O2S. The number of imidazole rings is 1. The number of carbonyl (C=O) groups is 2. The number of nitrogens with zero attached hydrogens (tertiary/aromatic N) is 3. The van der Waals surface area contributed by atoms with Crippen molar-refractivity contribution in [2.24, 2.45) is 5.92 Å². The normalized spacial score (nSPS) is 16.8. The number of hydrogen-bond acceptors (Lipinski definition) is 5. The number of anilines is 1. The topological polar surface area (TPSA) is 88.4 Å². The van der Waals surface area contributed by atoms with Crippen LogP contribution >= 0.6 is 11.3 Å². The number of amides is 2. The van der Waals surface area contributed by atoms with Crippen LogP contribution in [-0.2, 0) is 4.79 Å². The van der Waals surface area contributed by atoms with Crippen molar-refractivity contribution in [1.29, 1.82) is 0 Å². The van der Waals surface area contributed by atoms with Gasteiger partial charge in [-0.25, -0.2) is 9.97 Å². The van der Waals surface area contributed by atoms with Crippen LogP contribution in [0.5, 0.6) is 0 Å². The Morgan fingerprint density at radius 1 is 1.03 bits per heavy atom. The largest absolute Gasteiger partial charge is 0.349 e. The molecule has 8 heteroatoms. The van der Waals surface area contributed by atoms with E-state index in [2.05, 4.69) is 20.6 Å². The molecule has 168 valence electrons. The highest BCUT2D eigenvalue weighted by atomic mass is 32.1. The van der Waals surface area contributed by atoms with Crippen LogP contribution in [0.2, 0.25) is 0 Å². The summed E-state index contributed by atoms with van der Waals surface area (Å²) >= 11 is 1.50. The highest BCUT2D eigenvalue weighted by Crippen LogP contribution is 2.31. The van der Waals surface area contributed by atoms with E-state index in [0.29, 0.717) is 11.4 Å². The third-order valence-corrected chi connectivity index (χ3v) is 7.50. The molecule has 4 heterocycles. The Kier molecular flexibility index (Phi) is 5.10. The molecule has 0 unspecified atom stereocenters. The van der Waals surface area contributed by atoms with Crippen molar-refractivity contribution < 1.29 is 9.59 Å². The Hall–Kier alpha value is -3.26. The summed E-state index contributed by atoms with van der Waals surface area (Å²) in [4.78, 5) is 35.0. The van der Waals surface area contributed by atoms with E-state index in [-0.39, 0.29) is 23.8 Å². The smallest absolute Gasteiger partial charge is 0.253 e. The van der Waals surface area contributed by atoms with Crippen molar-refractivity contribution in [3.05, 3.63) is 47.7 Å². The Balaban J connectivity index is 1.27. The summed E-state index contributed by atoms with van der Waals surface area (Å²) < 4.78 is 1.91. The van der Waals surface area contributed by atoms with Gasteiger partial charge >= 0.3 is 0 Å². The van der Waals surface area contributed by atoms with Gasteiger partial charge in [0.25, 0.3) is 5.91 Å². The number of carbonyl (C=O) groups excluding carboxylic acids is 2. The fourth-order valence-corrected chi connectivity index (χ4v) is 5.43. The second kappa shape index (κ2) is 8.26. The van der Waals surface area contributed by atoms with Crippen LogP contribution < -0.4 is 10.6 Å². The van der Waals surface area contributed by atoms with E-state index in [4.69, 9.17) is 0 Å². The first-order chi connectivity index (χ1) is 16.1. The van der Waals surface area contributed by atoms with Crippen LogP contribution in [0.1, 0.15) is 55.3 Å². The highest BCUT2D eigenvalue weighted by Gasteiger charge is 2.30. The van der Waals surface area contributed by atoms with Crippen LogP contribution in [0.25, 0.3) is 27.0 Å². The van der Waals surface area contributed by atoms with E-state index >= 15 is 0 Å². The standard InChI is InChI=1S/C25H25N5O2S/c31-23(15-6-7-15)29-21-13-30-12-16(8-9-22(30)28-21)17-10-19-20(14-33-25(19)26-11-17)24(32)27-18-4-2-1-3-5-18/h8-15,18H,1-7H2,(H,27,32)(H,29,31). The average Bonchev–Trinajstić information content (AvgIpc) is 3.48. The zero-order valence-corrected chi connectivity index (χ0v) is 19.0. The summed E-state index contributed by atoms with van der Waals surface area (Å²) in [6, 6.07) is 6.24. The minimum Gasteiger partial charge on any atom is -0.349 e. The number of pyridine rings is 2. The first-order valence-electron chi connectivity index (χ1n) is 11.6. The lowest BCUT2D eigenvalue weighted by Crippen LogP contribution is -2.36. The number of nitrogens with one attached hydrogen (secondary N) is 2. The Morgan fingerprint density at radius 2 is 1.88 bits per heavy atom. The summed E-state index contributed by atoms with van der Waals surface area (Å²) in [5, 5.41) is 8.91. The maximum atomic E-state index is 13.0.